The van der Waals surface area contributed by atoms with E-state index < -0.39 is 0 Å². The third kappa shape index (κ3) is 1.18. The van der Waals surface area contributed by atoms with E-state index in [0.717, 1.165) is 19.5 Å². The Kier molecular flexibility index (Phi) is 1.83. The molecular weight excluding hydrogens is 104 g/mol. The molecule has 3 heteroatoms. The van der Waals surface area contributed by atoms with Gasteiger partial charge < -0.3 is 16.2 Å². The third-order valence-electron chi connectivity index (χ3n) is 1.49. The Labute approximate surface area is 48.9 Å². The molecule has 0 radical (unpaired) electrons. The molecule has 1 aliphatic heterocycles. The van der Waals surface area contributed by atoms with Gasteiger partial charge in [-0.05, 0) is 13.0 Å². The maximum Gasteiger partial charge on any atom is 0.0715 e. The number of aliphatic hydroxyl groups is 1. The number of piperidine rings is 1. The van der Waals surface area contributed by atoms with Crippen molar-refractivity contribution in [2.45, 2.75) is 18.6 Å². The quantitative estimate of drug-likeness (QED) is 0.367. The van der Waals surface area contributed by atoms with Crippen molar-refractivity contribution in [2.75, 3.05) is 13.1 Å². The highest BCUT2D eigenvalue weighted by Gasteiger charge is 2.17. The molecule has 0 saturated carbocycles. The summed E-state index contributed by atoms with van der Waals surface area (Å²) in [6, 6.07) is -0.0521. The molecular formula is C5H12N2O. The fourth-order valence-electron chi connectivity index (χ4n) is 0.869. The Morgan fingerprint density at radius 2 is 2.38 bits per heavy atom. The summed E-state index contributed by atoms with van der Waals surface area (Å²) in [7, 11) is 0. The standard InChI is InChI=1S/C5H12N2O/c6-4-3-7-2-1-5(4)8/h4-5,7-8H,1-3,6H2/t4-,5?/m1/s1. The monoisotopic (exact) mass is 116 g/mol. The van der Waals surface area contributed by atoms with Crippen molar-refractivity contribution in [1.82, 2.24) is 5.32 Å². The summed E-state index contributed by atoms with van der Waals surface area (Å²) in [6.45, 7) is 1.65. The number of hydrogen-bond acceptors (Lipinski definition) is 3. The fraction of sp³-hybridized carbons (Fsp3) is 1.00. The first kappa shape index (κ1) is 6.01. The van der Waals surface area contributed by atoms with Gasteiger partial charge in [-0.2, -0.15) is 0 Å². The van der Waals surface area contributed by atoms with Crippen molar-refractivity contribution in [2.24, 2.45) is 5.73 Å². The zero-order valence-electron chi connectivity index (χ0n) is 4.80. The first-order valence-electron chi connectivity index (χ1n) is 2.95. The van der Waals surface area contributed by atoms with Crippen molar-refractivity contribution >= 4 is 0 Å². The summed E-state index contributed by atoms with van der Waals surface area (Å²) < 4.78 is 0. The lowest BCUT2D eigenvalue weighted by Crippen LogP contribution is -2.49. The molecule has 3 nitrogen and oxygen atoms in total. The summed E-state index contributed by atoms with van der Waals surface area (Å²) in [6.07, 6.45) is 0.512. The van der Waals surface area contributed by atoms with Gasteiger partial charge in [-0.3, -0.25) is 0 Å². The first-order chi connectivity index (χ1) is 3.80. The van der Waals surface area contributed by atoms with Crippen LogP contribution in [0.4, 0.5) is 0 Å². The van der Waals surface area contributed by atoms with Crippen molar-refractivity contribution in [3.8, 4) is 0 Å². The number of aliphatic hydroxyl groups excluding tert-OH is 1. The zero-order chi connectivity index (χ0) is 5.98. The van der Waals surface area contributed by atoms with Gasteiger partial charge in [0.05, 0.1) is 6.10 Å². The Balaban J connectivity index is 2.28. The van der Waals surface area contributed by atoms with Crippen LogP contribution < -0.4 is 11.1 Å². The van der Waals surface area contributed by atoms with Gasteiger partial charge in [0.25, 0.3) is 0 Å². The topological polar surface area (TPSA) is 58.3 Å². The minimum Gasteiger partial charge on any atom is -0.391 e. The Morgan fingerprint density at radius 3 is 2.75 bits per heavy atom. The maximum absolute atomic E-state index is 9.01. The average Bonchev–Trinajstić information content (AvgIpc) is 1.77. The van der Waals surface area contributed by atoms with Crippen molar-refractivity contribution < 1.29 is 5.11 Å². The van der Waals surface area contributed by atoms with Gasteiger partial charge in [-0.25, -0.2) is 0 Å². The normalized spacial score (nSPS) is 39.8. The molecule has 0 aromatic rings. The SMILES string of the molecule is N[C@@H]1CNCCC1O. The van der Waals surface area contributed by atoms with Gasteiger partial charge in [-0.15, -0.1) is 0 Å². The van der Waals surface area contributed by atoms with Crippen molar-refractivity contribution in [1.29, 1.82) is 0 Å². The molecule has 1 aliphatic rings. The van der Waals surface area contributed by atoms with Crippen LogP contribution in [0.1, 0.15) is 6.42 Å². The molecule has 1 fully saturated rings. The van der Waals surface area contributed by atoms with Crippen LogP contribution in [0.25, 0.3) is 0 Å². The van der Waals surface area contributed by atoms with Gasteiger partial charge in [0.2, 0.25) is 0 Å². The van der Waals surface area contributed by atoms with E-state index >= 15 is 0 Å². The Hall–Kier alpha value is -0.120. The van der Waals surface area contributed by atoms with Crippen molar-refractivity contribution in [3.63, 3.8) is 0 Å². The molecule has 8 heavy (non-hydrogen) atoms. The summed E-state index contributed by atoms with van der Waals surface area (Å²) in [5.41, 5.74) is 5.47. The smallest absolute Gasteiger partial charge is 0.0715 e. The summed E-state index contributed by atoms with van der Waals surface area (Å²) in [5.74, 6) is 0. The van der Waals surface area contributed by atoms with E-state index in [4.69, 9.17) is 10.8 Å². The zero-order valence-corrected chi connectivity index (χ0v) is 4.80. The van der Waals surface area contributed by atoms with Crippen LogP contribution in [0.2, 0.25) is 0 Å². The largest absolute Gasteiger partial charge is 0.391 e. The Bertz CT molecular complexity index is 66.8. The molecule has 1 rings (SSSR count). The molecule has 0 bridgehead atoms. The van der Waals surface area contributed by atoms with Gasteiger partial charge in [0.15, 0.2) is 0 Å². The van der Waals surface area contributed by atoms with E-state index in [0.29, 0.717) is 0 Å². The van der Waals surface area contributed by atoms with Crippen molar-refractivity contribution in [3.05, 3.63) is 0 Å². The molecule has 1 heterocycles. The molecule has 1 unspecified atom stereocenters. The molecule has 48 valence electrons. The summed E-state index contributed by atoms with van der Waals surface area (Å²) in [5, 5.41) is 12.1. The minimum atomic E-state index is -0.281. The fourth-order valence-corrected chi connectivity index (χ4v) is 0.869. The molecule has 0 aromatic heterocycles. The van der Waals surface area contributed by atoms with E-state index in [1.54, 1.807) is 0 Å². The lowest BCUT2D eigenvalue weighted by molar-refractivity contribution is 0.116. The Morgan fingerprint density at radius 1 is 1.62 bits per heavy atom. The third-order valence-corrected chi connectivity index (χ3v) is 1.49. The van der Waals surface area contributed by atoms with E-state index in [1.165, 1.54) is 0 Å². The number of hydrogen-bond donors (Lipinski definition) is 3. The van der Waals surface area contributed by atoms with E-state index in [-0.39, 0.29) is 12.1 Å². The van der Waals surface area contributed by atoms with Crippen LogP contribution in [-0.2, 0) is 0 Å². The molecule has 1 saturated heterocycles. The predicted molar refractivity (Wildman–Crippen MR) is 31.5 cm³/mol. The van der Waals surface area contributed by atoms with Crippen LogP contribution in [0.3, 0.4) is 0 Å². The van der Waals surface area contributed by atoms with E-state index in [2.05, 4.69) is 5.32 Å². The maximum atomic E-state index is 9.01. The number of nitrogens with one attached hydrogen (secondary N) is 1. The second-order valence-corrected chi connectivity index (χ2v) is 2.22. The molecule has 2 atom stereocenters. The number of rotatable bonds is 0. The van der Waals surface area contributed by atoms with Gasteiger partial charge >= 0.3 is 0 Å². The first-order valence-corrected chi connectivity index (χ1v) is 2.95. The summed E-state index contributed by atoms with van der Waals surface area (Å²) in [4.78, 5) is 0. The highest BCUT2D eigenvalue weighted by molar-refractivity contribution is 4.79. The van der Waals surface area contributed by atoms with Crippen LogP contribution in [0, 0.1) is 0 Å². The van der Waals surface area contributed by atoms with Gasteiger partial charge in [0, 0.05) is 12.6 Å². The van der Waals surface area contributed by atoms with E-state index in [1.807, 2.05) is 0 Å². The van der Waals surface area contributed by atoms with Crippen LogP contribution in [0.15, 0.2) is 0 Å². The molecule has 0 amide bonds. The van der Waals surface area contributed by atoms with Crippen LogP contribution >= 0.6 is 0 Å². The minimum absolute atomic E-state index is 0.0521. The lowest BCUT2D eigenvalue weighted by atomic mass is 10.1. The van der Waals surface area contributed by atoms with Gasteiger partial charge in [-0.1, -0.05) is 0 Å². The molecule has 0 aromatic carbocycles. The second-order valence-electron chi connectivity index (χ2n) is 2.22. The average molecular weight is 116 g/mol. The van der Waals surface area contributed by atoms with Crippen LogP contribution in [-0.4, -0.2) is 30.3 Å². The molecule has 4 N–H and O–H groups in total. The predicted octanol–water partition coefficient (Wildman–Crippen LogP) is -1.33. The van der Waals surface area contributed by atoms with Gasteiger partial charge in [0.1, 0.15) is 0 Å². The highest BCUT2D eigenvalue weighted by atomic mass is 16.3. The number of nitrogens with two attached hydrogens (primary N) is 1. The second kappa shape index (κ2) is 2.44. The molecule has 0 aliphatic carbocycles. The van der Waals surface area contributed by atoms with E-state index in [9.17, 15) is 0 Å². The summed E-state index contributed by atoms with van der Waals surface area (Å²) >= 11 is 0. The highest BCUT2D eigenvalue weighted by Crippen LogP contribution is 1.98. The lowest BCUT2D eigenvalue weighted by Gasteiger charge is -2.24. The molecule has 0 spiro atoms. The van der Waals surface area contributed by atoms with Crippen LogP contribution in [0.5, 0.6) is 0 Å².